The molecule has 0 atom stereocenters. The van der Waals surface area contributed by atoms with Crippen molar-refractivity contribution in [1.82, 2.24) is 23.7 Å². The number of amides is 1. The first-order valence-electron chi connectivity index (χ1n) is 9.13. The number of hydrogen-bond donors (Lipinski definition) is 0. The zero-order chi connectivity index (χ0) is 19.8. The average molecular weight is 394 g/mol. The van der Waals surface area contributed by atoms with Crippen LogP contribution in [0.15, 0.2) is 23.1 Å². The maximum atomic E-state index is 12.4. The molecule has 1 saturated heterocycles. The maximum absolute atomic E-state index is 12.4. The predicted molar refractivity (Wildman–Crippen MR) is 104 cm³/mol. The van der Waals surface area contributed by atoms with Crippen molar-refractivity contribution >= 4 is 27.0 Å². The summed E-state index contributed by atoms with van der Waals surface area (Å²) in [5.41, 5.74) is 1.63. The van der Waals surface area contributed by atoms with Crippen LogP contribution in [0.4, 0.5) is 0 Å². The Labute approximate surface area is 160 Å². The topological polar surface area (TPSA) is 78.8 Å². The van der Waals surface area contributed by atoms with E-state index in [2.05, 4.69) is 16.4 Å². The Bertz CT molecular complexity index is 943. The fraction of sp³-hybridized carbons (Fsp3) is 0.556. The van der Waals surface area contributed by atoms with Crippen molar-refractivity contribution in [3.8, 4) is 0 Å². The molecular formula is C18H27N5O3S. The zero-order valence-electron chi connectivity index (χ0n) is 16.3. The highest BCUT2D eigenvalue weighted by atomic mass is 32.2. The third-order valence-electron chi connectivity index (χ3n) is 5.08. The SMILES string of the molecule is CCn1c(CN2CCN(C(C)=O)CC2)nc2cc(S(=O)(=O)N(C)C)ccc21. The number of carbonyl (C=O) groups excluding carboxylic acids is 1. The van der Waals surface area contributed by atoms with Gasteiger partial charge in [0.1, 0.15) is 5.82 Å². The van der Waals surface area contributed by atoms with Gasteiger partial charge < -0.3 is 9.47 Å². The summed E-state index contributed by atoms with van der Waals surface area (Å²) in [7, 11) is -0.436. The number of sulfonamides is 1. The highest BCUT2D eigenvalue weighted by Gasteiger charge is 2.22. The highest BCUT2D eigenvalue weighted by Crippen LogP contribution is 2.23. The van der Waals surface area contributed by atoms with Crippen molar-refractivity contribution in [2.75, 3.05) is 40.3 Å². The Hall–Kier alpha value is -1.97. The Balaban J connectivity index is 1.87. The minimum atomic E-state index is -3.48. The van der Waals surface area contributed by atoms with Crippen molar-refractivity contribution < 1.29 is 13.2 Å². The smallest absolute Gasteiger partial charge is 0.242 e. The zero-order valence-corrected chi connectivity index (χ0v) is 17.2. The second-order valence-corrected chi connectivity index (χ2v) is 9.14. The molecular weight excluding hydrogens is 366 g/mol. The van der Waals surface area contributed by atoms with Crippen LogP contribution in [0.3, 0.4) is 0 Å². The molecule has 8 nitrogen and oxygen atoms in total. The molecule has 2 aromatic rings. The molecule has 1 fully saturated rings. The lowest BCUT2D eigenvalue weighted by Crippen LogP contribution is -2.47. The first kappa shape index (κ1) is 19.8. The Morgan fingerprint density at radius 3 is 2.41 bits per heavy atom. The molecule has 0 N–H and O–H groups in total. The number of hydrogen-bond acceptors (Lipinski definition) is 5. The van der Waals surface area contributed by atoms with Crippen LogP contribution in [0.25, 0.3) is 11.0 Å². The van der Waals surface area contributed by atoms with Crippen molar-refractivity contribution in [2.24, 2.45) is 0 Å². The Morgan fingerprint density at radius 1 is 1.19 bits per heavy atom. The summed E-state index contributed by atoms with van der Waals surface area (Å²) in [4.78, 5) is 20.6. The van der Waals surface area contributed by atoms with Crippen LogP contribution < -0.4 is 0 Å². The molecule has 0 unspecified atom stereocenters. The van der Waals surface area contributed by atoms with Crippen molar-refractivity contribution in [2.45, 2.75) is 31.8 Å². The fourth-order valence-electron chi connectivity index (χ4n) is 3.43. The van der Waals surface area contributed by atoms with Gasteiger partial charge in [0, 0.05) is 53.7 Å². The van der Waals surface area contributed by atoms with E-state index in [0.29, 0.717) is 12.1 Å². The van der Waals surface area contributed by atoms with E-state index >= 15 is 0 Å². The fourth-order valence-corrected chi connectivity index (χ4v) is 4.35. The quantitative estimate of drug-likeness (QED) is 0.756. The monoisotopic (exact) mass is 393 g/mol. The van der Waals surface area contributed by atoms with E-state index in [1.54, 1.807) is 19.1 Å². The van der Waals surface area contributed by atoms with Crippen LogP contribution in [-0.2, 0) is 27.9 Å². The van der Waals surface area contributed by atoms with Crippen LogP contribution in [0, 0.1) is 0 Å². The third-order valence-corrected chi connectivity index (χ3v) is 6.89. The molecule has 3 rings (SSSR count). The van der Waals surface area contributed by atoms with Gasteiger partial charge in [-0.2, -0.15) is 0 Å². The van der Waals surface area contributed by atoms with Gasteiger partial charge in [-0.15, -0.1) is 0 Å². The molecule has 1 aromatic heterocycles. The molecule has 1 aliphatic heterocycles. The number of piperazine rings is 1. The summed E-state index contributed by atoms with van der Waals surface area (Å²) in [5, 5.41) is 0. The first-order valence-corrected chi connectivity index (χ1v) is 10.6. The van der Waals surface area contributed by atoms with E-state index in [1.807, 2.05) is 11.0 Å². The second-order valence-electron chi connectivity index (χ2n) is 6.99. The number of carbonyl (C=O) groups is 1. The summed E-state index contributed by atoms with van der Waals surface area (Å²) in [5.74, 6) is 1.04. The normalized spacial score (nSPS) is 16.4. The van der Waals surface area contributed by atoms with Gasteiger partial charge in [0.2, 0.25) is 15.9 Å². The molecule has 0 spiro atoms. The lowest BCUT2D eigenvalue weighted by molar-refractivity contribution is -0.130. The lowest BCUT2D eigenvalue weighted by Gasteiger charge is -2.33. The van der Waals surface area contributed by atoms with Crippen LogP contribution in [0.1, 0.15) is 19.7 Å². The maximum Gasteiger partial charge on any atom is 0.242 e. The van der Waals surface area contributed by atoms with E-state index in [9.17, 15) is 13.2 Å². The predicted octanol–water partition coefficient (Wildman–Crippen LogP) is 0.971. The summed E-state index contributed by atoms with van der Waals surface area (Å²) < 4.78 is 28.1. The van der Waals surface area contributed by atoms with Gasteiger partial charge in [0.25, 0.3) is 0 Å². The summed E-state index contributed by atoms with van der Waals surface area (Å²) in [6, 6.07) is 5.12. The van der Waals surface area contributed by atoms with E-state index in [-0.39, 0.29) is 10.8 Å². The summed E-state index contributed by atoms with van der Waals surface area (Å²) in [6.07, 6.45) is 0. The van der Waals surface area contributed by atoms with E-state index < -0.39 is 10.0 Å². The molecule has 2 heterocycles. The van der Waals surface area contributed by atoms with Crippen molar-refractivity contribution in [3.63, 3.8) is 0 Å². The average Bonchev–Trinajstić information content (AvgIpc) is 2.98. The molecule has 27 heavy (non-hydrogen) atoms. The van der Waals surface area contributed by atoms with Crippen LogP contribution in [0.2, 0.25) is 0 Å². The van der Waals surface area contributed by atoms with Crippen LogP contribution in [0.5, 0.6) is 0 Å². The molecule has 148 valence electrons. The molecule has 0 saturated carbocycles. The standard InChI is InChI=1S/C18H27N5O3S/c1-5-23-17-7-6-15(27(25,26)20(3)4)12-16(17)19-18(23)13-21-8-10-22(11-9-21)14(2)24/h6-7,12H,5,8-11,13H2,1-4H3. The highest BCUT2D eigenvalue weighted by molar-refractivity contribution is 7.89. The minimum absolute atomic E-state index is 0.116. The third kappa shape index (κ3) is 3.85. The van der Waals surface area contributed by atoms with Crippen LogP contribution >= 0.6 is 0 Å². The lowest BCUT2D eigenvalue weighted by atomic mass is 10.3. The van der Waals surface area contributed by atoms with Gasteiger partial charge in [-0.1, -0.05) is 0 Å². The molecule has 9 heteroatoms. The molecule has 0 radical (unpaired) electrons. The number of imidazole rings is 1. The van der Waals surface area contributed by atoms with Gasteiger partial charge in [0.15, 0.2) is 0 Å². The van der Waals surface area contributed by atoms with E-state index in [0.717, 1.165) is 44.1 Å². The summed E-state index contributed by atoms with van der Waals surface area (Å²) in [6.45, 7) is 8.19. The minimum Gasteiger partial charge on any atom is -0.340 e. The summed E-state index contributed by atoms with van der Waals surface area (Å²) >= 11 is 0. The van der Waals surface area contributed by atoms with E-state index in [4.69, 9.17) is 4.98 Å². The van der Waals surface area contributed by atoms with Crippen molar-refractivity contribution in [3.05, 3.63) is 24.0 Å². The number of rotatable bonds is 5. The van der Waals surface area contributed by atoms with Gasteiger partial charge >= 0.3 is 0 Å². The molecule has 0 bridgehead atoms. The second kappa shape index (κ2) is 7.57. The van der Waals surface area contributed by atoms with Crippen molar-refractivity contribution in [1.29, 1.82) is 0 Å². The molecule has 0 aliphatic carbocycles. The van der Waals surface area contributed by atoms with Gasteiger partial charge in [-0.3, -0.25) is 9.69 Å². The van der Waals surface area contributed by atoms with Gasteiger partial charge in [-0.25, -0.2) is 17.7 Å². The van der Waals surface area contributed by atoms with Crippen LogP contribution in [-0.4, -0.2) is 78.3 Å². The number of aryl methyl sites for hydroxylation is 1. The molecule has 1 aromatic carbocycles. The van der Waals surface area contributed by atoms with Gasteiger partial charge in [0.05, 0.1) is 22.5 Å². The number of nitrogens with zero attached hydrogens (tertiary/aromatic N) is 5. The number of fused-ring (bicyclic) bond motifs is 1. The largest absolute Gasteiger partial charge is 0.340 e. The van der Waals surface area contributed by atoms with Gasteiger partial charge in [-0.05, 0) is 25.1 Å². The van der Waals surface area contributed by atoms with E-state index in [1.165, 1.54) is 18.4 Å². The Morgan fingerprint density at radius 2 is 1.85 bits per heavy atom. The number of aromatic nitrogens is 2. The number of benzene rings is 1. The molecule has 1 aliphatic rings. The Kier molecular flexibility index (Phi) is 5.55. The molecule has 1 amide bonds. The first-order chi connectivity index (χ1) is 12.7.